The lowest BCUT2D eigenvalue weighted by Crippen LogP contribution is -2.54. The monoisotopic (exact) mass is 324 g/mol. The van der Waals surface area contributed by atoms with Crippen LogP contribution in [0.25, 0.3) is 0 Å². The van der Waals surface area contributed by atoms with Gasteiger partial charge in [0, 0.05) is 31.2 Å². The molecule has 2 rings (SSSR count). The number of carbonyl (C=O) groups excluding carboxylic acids is 1. The number of carboxylic acids is 1. The summed E-state index contributed by atoms with van der Waals surface area (Å²) in [4.78, 5) is 27.2. The van der Waals surface area contributed by atoms with Gasteiger partial charge in [0.25, 0.3) is 0 Å². The third kappa shape index (κ3) is 4.21. The molecule has 0 radical (unpaired) electrons. The quantitative estimate of drug-likeness (QED) is 0.898. The lowest BCUT2D eigenvalue weighted by atomic mass is 10.1. The van der Waals surface area contributed by atoms with Gasteiger partial charge in [0.15, 0.2) is 0 Å². The van der Waals surface area contributed by atoms with Gasteiger partial charge in [-0.3, -0.25) is 14.5 Å². The van der Waals surface area contributed by atoms with E-state index in [2.05, 4.69) is 0 Å². The van der Waals surface area contributed by atoms with Gasteiger partial charge in [0.2, 0.25) is 5.91 Å². The summed E-state index contributed by atoms with van der Waals surface area (Å²) in [5, 5.41) is 9.84. The highest BCUT2D eigenvalue weighted by Crippen LogP contribution is 2.13. The minimum atomic E-state index is -0.788. The first kappa shape index (κ1) is 16.8. The van der Waals surface area contributed by atoms with Crippen LogP contribution >= 0.6 is 11.6 Å². The molecular weight excluding hydrogens is 304 g/mol. The van der Waals surface area contributed by atoms with Crippen LogP contribution in [-0.2, 0) is 16.0 Å². The summed E-state index contributed by atoms with van der Waals surface area (Å²) in [6.45, 7) is 4.25. The van der Waals surface area contributed by atoms with Crippen LogP contribution in [-0.4, -0.2) is 59.0 Å². The zero-order valence-electron chi connectivity index (χ0n) is 12.7. The summed E-state index contributed by atoms with van der Waals surface area (Å²) in [5.74, 6) is -0.714. The first-order valence-electron chi connectivity index (χ1n) is 7.50. The van der Waals surface area contributed by atoms with Crippen LogP contribution in [0, 0.1) is 0 Å². The first-order chi connectivity index (χ1) is 10.5. The van der Waals surface area contributed by atoms with Crippen molar-refractivity contribution >= 4 is 23.5 Å². The fraction of sp³-hybridized carbons (Fsp3) is 0.500. The minimum Gasteiger partial charge on any atom is -0.480 e. The summed E-state index contributed by atoms with van der Waals surface area (Å²) in [5.41, 5.74) is 0.939. The van der Waals surface area contributed by atoms with Gasteiger partial charge >= 0.3 is 5.97 Å². The van der Waals surface area contributed by atoms with Gasteiger partial charge in [-0.05, 0) is 24.1 Å². The van der Waals surface area contributed by atoms with Crippen LogP contribution in [0.4, 0.5) is 0 Å². The second kappa shape index (κ2) is 7.61. The molecule has 1 amide bonds. The van der Waals surface area contributed by atoms with Crippen molar-refractivity contribution in [1.82, 2.24) is 9.80 Å². The molecule has 1 unspecified atom stereocenters. The van der Waals surface area contributed by atoms with Crippen LogP contribution in [0.2, 0.25) is 5.02 Å². The Morgan fingerprint density at radius 1 is 1.18 bits per heavy atom. The fourth-order valence-electron chi connectivity index (χ4n) is 2.76. The molecule has 1 aliphatic rings. The molecule has 0 spiro atoms. The van der Waals surface area contributed by atoms with E-state index in [0.29, 0.717) is 44.0 Å². The van der Waals surface area contributed by atoms with E-state index in [-0.39, 0.29) is 5.91 Å². The molecule has 1 N–H and O–H groups in total. The lowest BCUT2D eigenvalue weighted by molar-refractivity contribution is -0.144. The highest BCUT2D eigenvalue weighted by molar-refractivity contribution is 6.30. The maximum Gasteiger partial charge on any atom is 0.320 e. The number of hydrogen-bond donors (Lipinski definition) is 1. The van der Waals surface area contributed by atoms with E-state index in [1.165, 1.54) is 0 Å². The minimum absolute atomic E-state index is 0.0744. The maximum atomic E-state index is 12.3. The van der Waals surface area contributed by atoms with Gasteiger partial charge in [0.05, 0.1) is 6.42 Å². The van der Waals surface area contributed by atoms with Crippen molar-refractivity contribution < 1.29 is 14.7 Å². The molecule has 120 valence electrons. The predicted octanol–water partition coefficient (Wildman–Crippen LogP) is 1.89. The molecule has 1 fully saturated rings. The van der Waals surface area contributed by atoms with Crippen molar-refractivity contribution in [3.05, 3.63) is 34.9 Å². The van der Waals surface area contributed by atoms with Crippen molar-refractivity contribution in [2.45, 2.75) is 25.8 Å². The van der Waals surface area contributed by atoms with E-state index >= 15 is 0 Å². The summed E-state index contributed by atoms with van der Waals surface area (Å²) in [6, 6.07) is 6.82. The highest BCUT2D eigenvalue weighted by Gasteiger charge is 2.28. The molecule has 1 aromatic rings. The predicted molar refractivity (Wildman–Crippen MR) is 85.0 cm³/mol. The smallest absolute Gasteiger partial charge is 0.320 e. The van der Waals surface area contributed by atoms with Crippen molar-refractivity contribution in [2.75, 3.05) is 26.2 Å². The number of amides is 1. The normalized spacial score (nSPS) is 17.3. The number of piperazine rings is 1. The number of halogens is 1. The summed E-state index contributed by atoms with van der Waals surface area (Å²) in [6.07, 6.45) is 0.932. The molecule has 22 heavy (non-hydrogen) atoms. The maximum absolute atomic E-state index is 12.3. The standard InChI is InChI=1S/C16H21ClN2O3/c1-2-14(16(21)22)18-7-9-19(10-8-18)15(20)11-12-3-5-13(17)6-4-12/h3-6,14H,2,7-11H2,1H3,(H,21,22). The van der Waals surface area contributed by atoms with Gasteiger partial charge in [-0.15, -0.1) is 0 Å². The van der Waals surface area contributed by atoms with Crippen LogP contribution in [0.5, 0.6) is 0 Å². The molecule has 0 aliphatic carbocycles. The number of benzene rings is 1. The van der Waals surface area contributed by atoms with Gasteiger partial charge in [-0.25, -0.2) is 0 Å². The number of carboxylic acid groups (broad SMARTS) is 1. The molecular formula is C16H21ClN2O3. The third-order valence-electron chi connectivity index (χ3n) is 4.05. The average Bonchev–Trinajstić information content (AvgIpc) is 2.50. The highest BCUT2D eigenvalue weighted by atomic mass is 35.5. The second-order valence-corrected chi connectivity index (χ2v) is 5.92. The molecule has 6 heteroatoms. The topological polar surface area (TPSA) is 60.9 Å². The van der Waals surface area contributed by atoms with Crippen molar-refractivity contribution in [3.8, 4) is 0 Å². The van der Waals surface area contributed by atoms with Gasteiger partial charge in [0.1, 0.15) is 6.04 Å². The Kier molecular flexibility index (Phi) is 5.80. The summed E-state index contributed by atoms with van der Waals surface area (Å²) < 4.78 is 0. The molecule has 1 aliphatic heterocycles. The number of rotatable bonds is 5. The Morgan fingerprint density at radius 2 is 1.77 bits per heavy atom. The molecule has 1 aromatic carbocycles. The van der Waals surface area contributed by atoms with Crippen molar-refractivity contribution in [1.29, 1.82) is 0 Å². The van der Waals surface area contributed by atoms with E-state index in [1.807, 2.05) is 24.0 Å². The Morgan fingerprint density at radius 3 is 2.27 bits per heavy atom. The number of carbonyl (C=O) groups is 2. The number of hydrogen-bond acceptors (Lipinski definition) is 3. The van der Waals surface area contributed by atoms with Crippen molar-refractivity contribution in [2.24, 2.45) is 0 Å². The van der Waals surface area contributed by atoms with E-state index in [4.69, 9.17) is 11.6 Å². The molecule has 1 saturated heterocycles. The SMILES string of the molecule is CCC(C(=O)O)N1CCN(C(=O)Cc2ccc(Cl)cc2)CC1. The zero-order valence-corrected chi connectivity index (χ0v) is 13.4. The molecule has 0 saturated carbocycles. The van der Waals surface area contributed by atoms with Crippen LogP contribution in [0.3, 0.4) is 0 Å². The molecule has 1 heterocycles. The van der Waals surface area contributed by atoms with Crippen LogP contribution in [0.1, 0.15) is 18.9 Å². The van der Waals surface area contributed by atoms with Crippen LogP contribution in [0.15, 0.2) is 24.3 Å². The molecule has 5 nitrogen and oxygen atoms in total. The summed E-state index contributed by atoms with van der Waals surface area (Å²) >= 11 is 5.83. The third-order valence-corrected chi connectivity index (χ3v) is 4.30. The Bertz CT molecular complexity index is 525. The molecule has 0 aromatic heterocycles. The van der Waals surface area contributed by atoms with E-state index in [0.717, 1.165) is 5.56 Å². The molecule has 1 atom stereocenters. The lowest BCUT2D eigenvalue weighted by Gasteiger charge is -2.37. The first-order valence-corrected chi connectivity index (χ1v) is 7.88. The largest absolute Gasteiger partial charge is 0.480 e. The Balaban J connectivity index is 1.87. The average molecular weight is 325 g/mol. The van der Waals surface area contributed by atoms with Crippen LogP contribution < -0.4 is 0 Å². The van der Waals surface area contributed by atoms with Crippen molar-refractivity contribution in [3.63, 3.8) is 0 Å². The summed E-state index contributed by atoms with van der Waals surface area (Å²) in [7, 11) is 0. The second-order valence-electron chi connectivity index (χ2n) is 5.48. The Hall–Kier alpha value is -1.59. The fourth-order valence-corrected chi connectivity index (χ4v) is 2.89. The number of nitrogens with zero attached hydrogens (tertiary/aromatic N) is 2. The zero-order chi connectivity index (χ0) is 16.1. The van der Waals surface area contributed by atoms with E-state index in [1.54, 1.807) is 17.0 Å². The van der Waals surface area contributed by atoms with Gasteiger partial charge in [-0.1, -0.05) is 30.7 Å². The number of aliphatic carboxylic acids is 1. The van der Waals surface area contributed by atoms with Gasteiger partial charge in [-0.2, -0.15) is 0 Å². The van der Waals surface area contributed by atoms with E-state index in [9.17, 15) is 14.7 Å². The van der Waals surface area contributed by atoms with Gasteiger partial charge < -0.3 is 10.0 Å². The molecule has 0 bridgehead atoms. The Labute approximate surface area is 135 Å². The van der Waals surface area contributed by atoms with E-state index < -0.39 is 12.0 Å².